The monoisotopic (exact) mass is 573 g/mol. The van der Waals surface area contributed by atoms with Gasteiger partial charge in [-0.25, -0.2) is 28.4 Å². The van der Waals surface area contributed by atoms with Crippen LogP contribution in [0, 0.1) is 11.3 Å². The van der Waals surface area contributed by atoms with Gasteiger partial charge in [0.05, 0.1) is 11.4 Å². The number of halogens is 4. The normalized spacial score (nSPS) is 24.1. The number of alkyl halides is 4. The first-order valence-corrected chi connectivity index (χ1v) is 12.8. The van der Waals surface area contributed by atoms with Gasteiger partial charge in [0, 0.05) is 37.7 Å². The molecule has 3 rings (SSSR count). The minimum Gasteiger partial charge on any atom is -0.410 e. The van der Waals surface area contributed by atoms with Crippen molar-refractivity contribution in [2.75, 3.05) is 0 Å². The lowest BCUT2D eigenvalue weighted by Gasteiger charge is -2.38. The van der Waals surface area contributed by atoms with Crippen molar-refractivity contribution in [2.45, 2.75) is 88.8 Å². The Balaban J connectivity index is 1.93. The van der Waals surface area contributed by atoms with Gasteiger partial charge < -0.3 is 22.2 Å². The van der Waals surface area contributed by atoms with E-state index in [-0.39, 0.29) is 47.7 Å². The van der Waals surface area contributed by atoms with Crippen LogP contribution in [0.25, 0.3) is 0 Å². The number of nitrogens with two attached hydrogens (primary N) is 3. The number of nitrogens with zero attached hydrogens (tertiary/aromatic N) is 6. The Morgan fingerprint density at radius 1 is 1.32 bits per heavy atom. The largest absolute Gasteiger partial charge is 0.410 e. The number of nitrogens with one attached hydrogen (secondary N) is 2. The van der Waals surface area contributed by atoms with Crippen molar-refractivity contribution in [3.8, 4) is 0 Å². The van der Waals surface area contributed by atoms with Gasteiger partial charge in [0.25, 0.3) is 5.91 Å². The van der Waals surface area contributed by atoms with Gasteiger partial charge in [-0.1, -0.05) is 5.16 Å². The number of hydrazone groups is 1. The van der Waals surface area contributed by atoms with Crippen molar-refractivity contribution in [1.82, 2.24) is 15.4 Å². The van der Waals surface area contributed by atoms with E-state index in [0.29, 0.717) is 0 Å². The lowest BCUT2D eigenvalue weighted by molar-refractivity contribution is -0.135. The second-order valence-corrected chi connectivity index (χ2v) is 9.97. The predicted octanol–water partition coefficient (Wildman–Crippen LogP) is 1.69. The molecule has 222 valence electrons. The number of aliphatic imine (C=N–C) groups is 2. The standard InChI is InChI=1S/C23H35F4N11O2/c1-12(29)18(36-40)20-33-19(13-5-7-23(26,27)8-6-13)22(39)38(35-20)15(10-28)11-32-16(9-17(24)25)21(34-30)37(31)14-3-2-4-14/h10-11,13-14,16-17,19,29,40H,2-9,28,30-31H2,1H3,(H,33,35)/b15-10+,29-12?,32-11?,34-21-,36-18+. The molecule has 2 unspecified atom stereocenters. The number of hydrogen-bond donors (Lipinski definition) is 6. The van der Waals surface area contributed by atoms with Gasteiger partial charge >= 0.3 is 0 Å². The molecule has 9 N–H and O–H groups in total. The second-order valence-electron chi connectivity index (χ2n) is 9.97. The van der Waals surface area contributed by atoms with Crippen molar-refractivity contribution in [1.29, 1.82) is 5.41 Å². The fourth-order valence-electron chi connectivity index (χ4n) is 4.73. The Morgan fingerprint density at radius 3 is 2.45 bits per heavy atom. The van der Waals surface area contributed by atoms with Crippen LogP contribution >= 0.6 is 0 Å². The second kappa shape index (κ2) is 13.1. The third kappa shape index (κ3) is 7.05. The van der Waals surface area contributed by atoms with Gasteiger partial charge in [-0.05, 0) is 44.9 Å². The average Bonchev–Trinajstić information content (AvgIpc) is 2.85. The molecule has 17 heteroatoms. The Morgan fingerprint density at radius 2 is 1.98 bits per heavy atom. The van der Waals surface area contributed by atoms with E-state index in [4.69, 9.17) is 22.8 Å². The Bertz CT molecular complexity index is 1090. The minimum absolute atomic E-state index is 0.000745. The van der Waals surface area contributed by atoms with Crippen LogP contribution in [0.15, 0.2) is 32.1 Å². The van der Waals surface area contributed by atoms with E-state index in [0.717, 1.165) is 36.7 Å². The van der Waals surface area contributed by atoms with Crippen LogP contribution < -0.4 is 22.8 Å². The summed E-state index contributed by atoms with van der Waals surface area (Å²) in [6, 6.07) is -2.59. The zero-order valence-corrected chi connectivity index (χ0v) is 22.0. The molecule has 40 heavy (non-hydrogen) atoms. The third-order valence-corrected chi connectivity index (χ3v) is 7.23. The molecule has 2 aliphatic carbocycles. The maximum atomic E-state index is 13.8. The van der Waals surface area contributed by atoms with Crippen molar-refractivity contribution in [3.05, 3.63) is 11.9 Å². The van der Waals surface area contributed by atoms with Crippen LogP contribution in [-0.2, 0) is 4.79 Å². The molecule has 1 heterocycles. The van der Waals surface area contributed by atoms with Gasteiger partial charge in [-0.2, -0.15) is 5.10 Å². The van der Waals surface area contributed by atoms with E-state index >= 15 is 0 Å². The number of hydrazine groups is 2. The van der Waals surface area contributed by atoms with Gasteiger partial charge in [-0.3, -0.25) is 25.2 Å². The number of rotatable bonds is 10. The highest BCUT2D eigenvalue weighted by molar-refractivity contribution is 6.67. The number of amides is 1. The molecule has 0 aromatic rings. The van der Waals surface area contributed by atoms with Gasteiger partial charge in [0.15, 0.2) is 17.4 Å². The maximum Gasteiger partial charge on any atom is 0.270 e. The Labute approximate surface area is 228 Å². The molecule has 13 nitrogen and oxygen atoms in total. The summed E-state index contributed by atoms with van der Waals surface area (Å²) < 4.78 is 54.5. The summed E-state index contributed by atoms with van der Waals surface area (Å²) in [5.41, 5.74) is 7.78. The van der Waals surface area contributed by atoms with Crippen LogP contribution in [-0.4, -0.2) is 80.9 Å². The zero-order valence-electron chi connectivity index (χ0n) is 22.0. The quantitative estimate of drug-likeness (QED) is 0.0569. The summed E-state index contributed by atoms with van der Waals surface area (Å²) in [6.45, 7) is 1.32. The summed E-state index contributed by atoms with van der Waals surface area (Å²) in [5, 5.41) is 26.2. The molecule has 0 spiro atoms. The van der Waals surface area contributed by atoms with E-state index < -0.39 is 55.5 Å². The highest BCUT2D eigenvalue weighted by atomic mass is 19.3. The summed E-state index contributed by atoms with van der Waals surface area (Å²) in [5.74, 6) is 7.21. The SMILES string of the molecule is CC(=N)/C(=N\O)C1=NC(C2CCC(F)(F)CC2)C(=O)N(/C(C=NC(CC(F)F)/C(=N/N)N(N)C2CCC2)=C/N)N1. The number of hydrogen-bond acceptors (Lipinski definition) is 11. The summed E-state index contributed by atoms with van der Waals surface area (Å²) in [6.07, 6.45) is -0.0142. The average molecular weight is 574 g/mol. The van der Waals surface area contributed by atoms with Gasteiger partial charge in [0.2, 0.25) is 12.3 Å². The van der Waals surface area contributed by atoms with Crippen LogP contribution in [0.3, 0.4) is 0 Å². The van der Waals surface area contributed by atoms with Crippen molar-refractivity contribution in [2.24, 2.45) is 43.6 Å². The minimum atomic E-state index is -2.85. The molecule has 0 saturated heterocycles. The maximum absolute atomic E-state index is 13.8. The zero-order chi connectivity index (χ0) is 29.6. The first-order chi connectivity index (χ1) is 18.9. The third-order valence-electron chi connectivity index (χ3n) is 7.23. The van der Waals surface area contributed by atoms with Gasteiger partial charge in [0.1, 0.15) is 12.1 Å². The molecular weight excluding hydrogens is 538 g/mol. The highest BCUT2D eigenvalue weighted by Gasteiger charge is 2.44. The van der Waals surface area contributed by atoms with E-state index in [1.165, 1.54) is 11.9 Å². The number of amidine groups is 2. The smallest absolute Gasteiger partial charge is 0.270 e. The van der Waals surface area contributed by atoms with E-state index in [1.54, 1.807) is 0 Å². The molecule has 0 radical (unpaired) electrons. The molecule has 2 saturated carbocycles. The van der Waals surface area contributed by atoms with Crippen LogP contribution in [0.1, 0.15) is 58.3 Å². The molecule has 3 aliphatic rings. The summed E-state index contributed by atoms with van der Waals surface area (Å²) in [7, 11) is 0. The fraction of sp³-hybridized carbons (Fsp3) is 0.652. The van der Waals surface area contributed by atoms with E-state index in [1.807, 2.05) is 0 Å². The molecule has 1 aliphatic heterocycles. The number of carbonyl (C=O) groups is 1. The molecule has 2 fully saturated rings. The highest BCUT2D eigenvalue weighted by Crippen LogP contribution is 2.39. The van der Waals surface area contributed by atoms with Crippen LogP contribution in [0.4, 0.5) is 17.6 Å². The Hall–Kier alpha value is -3.76. The van der Waals surface area contributed by atoms with Gasteiger partial charge in [-0.15, -0.1) is 0 Å². The number of oxime groups is 1. The first-order valence-electron chi connectivity index (χ1n) is 12.8. The summed E-state index contributed by atoms with van der Waals surface area (Å²) >= 11 is 0. The molecular formula is C23H35F4N11O2. The Kier molecular flexibility index (Phi) is 10.1. The lowest BCUT2D eigenvalue weighted by atomic mass is 9.81. The molecule has 0 bridgehead atoms. The lowest BCUT2D eigenvalue weighted by Crippen LogP contribution is -2.58. The predicted molar refractivity (Wildman–Crippen MR) is 141 cm³/mol. The van der Waals surface area contributed by atoms with Crippen LogP contribution in [0.5, 0.6) is 0 Å². The van der Waals surface area contributed by atoms with Crippen LogP contribution in [0.2, 0.25) is 0 Å². The number of allylic oxidation sites excluding steroid dienone is 1. The molecule has 0 aromatic heterocycles. The topological polar surface area (TPSA) is 207 Å². The summed E-state index contributed by atoms with van der Waals surface area (Å²) in [4.78, 5) is 22.0. The van der Waals surface area contributed by atoms with E-state index in [9.17, 15) is 27.6 Å². The number of carbonyl (C=O) groups excluding carboxylic acids is 1. The molecule has 1 amide bonds. The van der Waals surface area contributed by atoms with E-state index in [2.05, 4.69) is 25.7 Å². The van der Waals surface area contributed by atoms with Crippen molar-refractivity contribution < 1.29 is 27.6 Å². The van der Waals surface area contributed by atoms with Crippen molar-refractivity contribution >= 4 is 35.2 Å². The van der Waals surface area contributed by atoms with Crippen molar-refractivity contribution in [3.63, 3.8) is 0 Å². The fourth-order valence-corrected chi connectivity index (χ4v) is 4.73. The molecule has 0 aromatic carbocycles. The molecule has 2 atom stereocenters. The first kappa shape index (κ1) is 30.8.